The second-order valence-corrected chi connectivity index (χ2v) is 3.21. The maximum absolute atomic E-state index is 9.87. The van der Waals surface area contributed by atoms with E-state index in [1.807, 2.05) is 0 Å². The van der Waals surface area contributed by atoms with Gasteiger partial charge in [0, 0.05) is 4.43 Å². The Morgan fingerprint density at radius 3 is 2.45 bits per heavy atom. The molecule has 1 atom stereocenters. The van der Waals surface area contributed by atoms with Crippen molar-refractivity contribution >= 4 is 22.6 Å². The molecule has 0 amide bonds. The average molecular weight is 270 g/mol. The van der Waals surface area contributed by atoms with E-state index in [-0.39, 0.29) is 0 Å². The SMILES string of the molecule is O=NCCCC(CI)CN=O. The first-order chi connectivity index (χ1) is 5.35. The summed E-state index contributed by atoms with van der Waals surface area (Å²) >= 11 is 2.22. The molecule has 5 heteroatoms. The summed E-state index contributed by atoms with van der Waals surface area (Å²) in [4.78, 5) is 19.6. The van der Waals surface area contributed by atoms with Crippen LogP contribution in [-0.2, 0) is 0 Å². The molecule has 11 heavy (non-hydrogen) atoms. The van der Waals surface area contributed by atoms with Crippen molar-refractivity contribution in [2.24, 2.45) is 16.3 Å². The summed E-state index contributed by atoms with van der Waals surface area (Å²) in [5.74, 6) is 0.329. The minimum Gasteiger partial charge on any atom is -0.151 e. The highest BCUT2D eigenvalue weighted by Gasteiger charge is 2.05. The van der Waals surface area contributed by atoms with E-state index in [0.717, 1.165) is 17.3 Å². The van der Waals surface area contributed by atoms with Crippen molar-refractivity contribution in [1.29, 1.82) is 0 Å². The molecule has 0 aromatic carbocycles. The number of nitroso groups, excluding NO2 is 2. The van der Waals surface area contributed by atoms with Crippen LogP contribution in [0, 0.1) is 15.7 Å². The highest BCUT2D eigenvalue weighted by molar-refractivity contribution is 14.1. The Hall–Kier alpha value is -0.0700. The summed E-state index contributed by atoms with van der Waals surface area (Å²) in [6.07, 6.45) is 1.65. The van der Waals surface area contributed by atoms with E-state index in [4.69, 9.17) is 0 Å². The van der Waals surface area contributed by atoms with Gasteiger partial charge in [-0.15, -0.1) is 0 Å². The fourth-order valence-electron chi connectivity index (χ4n) is 0.767. The van der Waals surface area contributed by atoms with E-state index in [9.17, 15) is 9.81 Å². The molecule has 0 rings (SSSR count). The van der Waals surface area contributed by atoms with Crippen molar-refractivity contribution in [2.45, 2.75) is 12.8 Å². The summed E-state index contributed by atoms with van der Waals surface area (Å²) in [5.41, 5.74) is 0. The van der Waals surface area contributed by atoms with Gasteiger partial charge in [-0.05, 0) is 18.8 Å². The van der Waals surface area contributed by atoms with Crippen LogP contribution in [0.5, 0.6) is 0 Å². The summed E-state index contributed by atoms with van der Waals surface area (Å²) < 4.78 is 0.919. The molecule has 0 saturated carbocycles. The first-order valence-electron chi connectivity index (χ1n) is 3.49. The predicted molar refractivity (Wildman–Crippen MR) is 52.9 cm³/mol. The molecular formula is C6H11IN2O2. The van der Waals surface area contributed by atoms with Crippen LogP contribution in [0.3, 0.4) is 0 Å². The van der Waals surface area contributed by atoms with Crippen molar-refractivity contribution in [3.63, 3.8) is 0 Å². The van der Waals surface area contributed by atoms with Gasteiger partial charge < -0.3 is 0 Å². The standard InChI is InChI=1S/C6H11IN2O2/c7-4-6(5-9-11)2-1-3-8-10/h6H,1-5H2. The van der Waals surface area contributed by atoms with Crippen LogP contribution in [0.4, 0.5) is 0 Å². The van der Waals surface area contributed by atoms with Crippen molar-refractivity contribution in [3.8, 4) is 0 Å². The van der Waals surface area contributed by atoms with Gasteiger partial charge in [-0.3, -0.25) is 0 Å². The molecule has 64 valence electrons. The average Bonchev–Trinajstić information content (AvgIpc) is 2.03. The van der Waals surface area contributed by atoms with Gasteiger partial charge in [0.25, 0.3) is 0 Å². The second-order valence-electron chi connectivity index (χ2n) is 2.33. The van der Waals surface area contributed by atoms with Crippen LogP contribution in [0.25, 0.3) is 0 Å². The second kappa shape index (κ2) is 8.03. The molecule has 0 aliphatic heterocycles. The largest absolute Gasteiger partial charge is 0.151 e. The molecule has 0 aliphatic carbocycles. The zero-order valence-electron chi connectivity index (χ0n) is 6.20. The Morgan fingerprint density at radius 1 is 1.27 bits per heavy atom. The summed E-state index contributed by atoms with van der Waals surface area (Å²) in [7, 11) is 0. The van der Waals surface area contributed by atoms with Crippen molar-refractivity contribution in [2.75, 3.05) is 17.5 Å². The molecule has 0 fully saturated rings. The third-order valence-corrected chi connectivity index (χ3v) is 2.66. The molecule has 0 radical (unpaired) electrons. The van der Waals surface area contributed by atoms with Gasteiger partial charge in [0.15, 0.2) is 0 Å². The predicted octanol–water partition coefficient (Wildman–Crippen LogP) is 2.35. The highest BCUT2D eigenvalue weighted by atomic mass is 127. The molecule has 0 aromatic rings. The quantitative estimate of drug-likeness (QED) is 0.308. The van der Waals surface area contributed by atoms with Gasteiger partial charge in [-0.25, -0.2) is 0 Å². The smallest absolute Gasteiger partial charge is 0.0846 e. The molecule has 4 nitrogen and oxygen atoms in total. The van der Waals surface area contributed by atoms with Gasteiger partial charge >= 0.3 is 0 Å². The molecule has 0 saturated heterocycles. The minimum atomic E-state index is 0.329. The molecule has 0 aliphatic rings. The van der Waals surface area contributed by atoms with Gasteiger partial charge in [-0.1, -0.05) is 32.9 Å². The number of halogens is 1. The minimum absolute atomic E-state index is 0.329. The summed E-state index contributed by atoms with van der Waals surface area (Å²) in [5, 5.41) is 5.56. The van der Waals surface area contributed by atoms with Crippen LogP contribution in [0.2, 0.25) is 0 Å². The normalized spacial score (nSPS) is 12.5. The van der Waals surface area contributed by atoms with Gasteiger partial charge in [0.2, 0.25) is 0 Å². The zero-order valence-corrected chi connectivity index (χ0v) is 8.36. The molecule has 0 heterocycles. The zero-order chi connectivity index (χ0) is 8.53. The van der Waals surface area contributed by atoms with E-state index in [0.29, 0.717) is 19.0 Å². The Morgan fingerprint density at radius 2 is 2.00 bits per heavy atom. The lowest BCUT2D eigenvalue weighted by Gasteiger charge is -2.06. The summed E-state index contributed by atoms with van der Waals surface area (Å²) in [6.45, 7) is 0.716. The number of rotatable bonds is 7. The van der Waals surface area contributed by atoms with Crippen LogP contribution >= 0.6 is 22.6 Å². The van der Waals surface area contributed by atoms with E-state index >= 15 is 0 Å². The molecule has 0 bridgehead atoms. The Bertz CT molecular complexity index is 121. The molecular weight excluding hydrogens is 259 g/mol. The lowest BCUT2D eigenvalue weighted by atomic mass is 10.1. The maximum atomic E-state index is 9.87. The highest BCUT2D eigenvalue weighted by Crippen LogP contribution is 2.10. The number of nitrogens with zero attached hydrogens (tertiary/aromatic N) is 2. The summed E-state index contributed by atoms with van der Waals surface area (Å²) in [6, 6.07) is 0. The van der Waals surface area contributed by atoms with E-state index in [2.05, 4.69) is 32.9 Å². The number of alkyl halides is 1. The lowest BCUT2D eigenvalue weighted by Crippen LogP contribution is -2.06. The maximum Gasteiger partial charge on any atom is 0.0846 e. The molecule has 0 spiro atoms. The van der Waals surface area contributed by atoms with Crippen molar-refractivity contribution < 1.29 is 0 Å². The molecule has 0 aromatic heterocycles. The van der Waals surface area contributed by atoms with Crippen LogP contribution in [-0.4, -0.2) is 17.5 Å². The van der Waals surface area contributed by atoms with Gasteiger partial charge in [-0.2, -0.15) is 9.81 Å². The fourth-order valence-corrected chi connectivity index (χ4v) is 1.49. The van der Waals surface area contributed by atoms with E-state index < -0.39 is 0 Å². The Kier molecular flexibility index (Phi) is 7.98. The number of hydrogen-bond donors (Lipinski definition) is 0. The third kappa shape index (κ3) is 6.33. The van der Waals surface area contributed by atoms with Crippen LogP contribution in [0.15, 0.2) is 10.4 Å². The Balaban J connectivity index is 3.34. The Labute approximate surface area is 79.2 Å². The monoisotopic (exact) mass is 270 g/mol. The third-order valence-electron chi connectivity index (χ3n) is 1.41. The lowest BCUT2D eigenvalue weighted by molar-refractivity contribution is 0.539. The topological polar surface area (TPSA) is 58.9 Å². The number of hydrogen-bond acceptors (Lipinski definition) is 4. The van der Waals surface area contributed by atoms with Crippen LogP contribution < -0.4 is 0 Å². The van der Waals surface area contributed by atoms with E-state index in [1.54, 1.807) is 0 Å². The van der Waals surface area contributed by atoms with Gasteiger partial charge in [0.1, 0.15) is 0 Å². The van der Waals surface area contributed by atoms with E-state index in [1.165, 1.54) is 0 Å². The first-order valence-corrected chi connectivity index (χ1v) is 5.02. The molecule has 0 N–H and O–H groups in total. The van der Waals surface area contributed by atoms with Crippen molar-refractivity contribution in [1.82, 2.24) is 0 Å². The fraction of sp³-hybridized carbons (Fsp3) is 1.00. The molecule has 1 unspecified atom stereocenters. The van der Waals surface area contributed by atoms with Crippen LogP contribution in [0.1, 0.15) is 12.8 Å². The van der Waals surface area contributed by atoms with Crippen molar-refractivity contribution in [3.05, 3.63) is 9.81 Å². The first kappa shape index (κ1) is 10.9. The van der Waals surface area contributed by atoms with Gasteiger partial charge in [0.05, 0.1) is 13.1 Å².